The molecule has 8 rings (SSSR count). The van der Waals surface area contributed by atoms with Gasteiger partial charge in [0.1, 0.15) is 5.75 Å². The number of esters is 2. The molecular weight excluding hydrogens is 704 g/mol. The molecule has 0 fully saturated rings. The standard InChI is InChI=1S/C43H46N2O10/c1-21(46)53-34-19-26-25(17-33(34)49-6)15-30-39-27(18-28(26)45(30)4)32(20-36(51-8)42(39)54-22(2)47)55-43-35(50-7)16-24-12-13-44(3)29-14-23-10-11-31(48-5)41(52-9)38(23)40(43)37(24)29/h10-11,16-17,19-20,28-30H,12-15,18H2,1-9H3/t28-,29-,30-/m0/s1. The van der Waals surface area contributed by atoms with E-state index in [0.29, 0.717) is 64.6 Å². The summed E-state index contributed by atoms with van der Waals surface area (Å²) >= 11 is 0. The highest BCUT2D eigenvalue weighted by molar-refractivity contribution is 5.89. The minimum Gasteiger partial charge on any atom is -0.493 e. The molecule has 0 spiro atoms. The minimum atomic E-state index is -0.462. The van der Waals surface area contributed by atoms with Crippen LogP contribution in [0.5, 0.6) is 51.7 Å². The summed E-state index contributed by atoms with van der Waals surface area (Å²) in [4.78, 5) is 29.4. The van der Waals surface area contributed by atoms with E-state index in [0.717, 1.165) is 58.3 Å². The second-order valence-electron chi connectivity index (χ2n) is 14.5. The number of benzene rings is 4. The van der Waals surface area contributed by atoms with Crippen molar-refractivity contribution in [2.75, 3.05) is 56.2 Å². The first-order valence-corrected chi connectivity index (χ1v) is 18.4. The van der Waals surface area contributed by atoms with Crippen LogP contribution in [0.25, 0.3) is 11.1 Å². The van der Waals surface area contributed by atoms with Crippen LogP contribution in [0.4, 0.5) is 0 Å². The Labute approximate surface area is 320 Å². The first-order chi connectivity index (χ1) is 26.5. The number of carbonyl (C=O) groups excluding carboxylic acids is 2. The number of methoxy groups -OCH3 is 5. The van der Waals surface area contributed by atoms with Crippen LogP contribution in [0.1, 0.15) is 70.9 Å². The normalized spacial score (nSPS) is 19.2. The molecule has 0 aromatic heterocycles. The van der Waals surface area contributed by atoms with Gasteiger partial charge in [0.25, 0.3) is 0 Å². The van der Waals surface area contributed by atoms with Crippen molar-refractivity contribution < 1.29 is 47.5 Å². The van der Waals surface area contributed by atoms with Gasteiger partial charge in [0.2, 0.25) is 0 Å². The molecule has 0 saturated carbocycles. The highest BCUT2D eigenvalue weighted by Gasteiger charge is 2.44. The van der Waals surface area contributed by atoms with Crippen molar-refractivity contribution in [1.29, 1.82) is 0 Å². The highest BCUT2D eigenvalue weighted by atomic mass is 16.6. The quantitative estimate of drug-likeness (QED) is 0.130. The van der Waals surface area contributed by atoms with Gasteiger partial charge in [-0.3, -0.25) is 19.4 Å². The zero-order valence-corrected chi connectivity index (χ0v) is 32.7. The number of hydrogen-bond acceptors (Lipinski definition) is 12. The molecular formula is C43H46N2O10. The van der Waals surface area contributed by atoms with Crippen LogP contribution in [0.15, 0.2) is 36.4 Å². The Morgan fingerprint density at radius 1 is 0.582 bits per heavy atom. The molecule has 3 heterocycles. The number of nitrogens with zero attached hydrogens (tertiary/aromatic N) is 2. The van der Waals surface area contributed by atoms with Crippen LogP contribution < -0.4 is 37.9 Å². The Morgan fingerprint density at radius 3 is 1.93 bits per heavy atom. The first kappa shape index (κ1) is 36.5. The maximum atomic E-state index is 12.7. The van der Waals surface area contributed by atoms with E-state index in [9.17, 15) is 9.59 Å². The number of rotatable bonds is 9. The van der Waals surface area contributed by atoms with Crippen LogP contribution in [-0.2, 0) is 35.3 Å². The molecule has 0 saturated heterocycles. The molecule has 3 atom stereocenters. The van der Waals surface area contributed by atoms with Crippen LogP contribution in [0, 0.1) is 0 Å². The molecule has 288 valence electrons. The summed E-state index contributed by atoms with van der Waals surface area (Å²) in [6, 6.07) is 11.5. The lowest BCUT2D eigenvalue weighted by Gasteiger charge is -2.47. The number of hydrogen-bond donors (Lipinski definition) is 0. The van der Waals surface area contributed by atoms with Crippen LogP contribution in [0.2, 0.25) is 0 Å². The fourth-order valence-electron chi connectivity index (χ4n) is 9.23. The van der Waals surface area contributed by atoms with Crippen molar-refractivity contribution in [2.24, 2.45) is 0 Å². The van der Waals surface area contributed by atoms with Crippen molar-refractivity contribution >= 4 is 11.9 Å². The lowest BCUT2D eigenvalue weighted by molar-refractivity contribution is -0.133. The minimum absolute atomic E-state index is 0.111. The molecule has 4 aliphatic rings. The second-order valence-corrected chi connectivity index (χ2v) is 14.5. The van der Waals surface area contributed by atoms with E-state index in [1.165, 1.54) is 25.0 Å². The maximum absolute atomic E-state index is 12.7. The molecule has 4 aromatic carbocycles. The molecule has 55 heavy (non-hydrogen) atoms. The van der Waals surface area contributed by atoms with Crippen molar-refractivity contribution in [2.45, 2.75) is 57.7 Å². The molecule has 0 amide bonds. The fraction of sp³-hybridized carbons (Fsp3) is 0.395. The Hall–Kier alpha value is -5.46. The van der Waals surface area contributed by atoms with Crippen molar-refractivity contribution in [1.82, 2.24) is 9.80 Å². The molecule has 12 nitrogen and oxygen atoms in total. The van der Waals surface area contributed by atoms with Gasteiger partial charge in [0.05, 0.1) is 35.5 Å². The summed E-state index contributed by atoms with van der Waals surface area (Å²) < 4.78 is 48.6. The molecule has 2 bridgehead atoms. The number of ether oxygens (including phenoxy) is 8. The fourth-order valence-corrected chi connectivity index (χ4v) is 9.23. The predicted octanol–water partition coefficient (Wildman–Crippen LogP) is 6.95. The Morgan fingerprint density at radius 2 is 1.25 bits per heavy atom. The lowest BCUT2D eigenvalue weighted by Crippen LogP contribution is -2.41. The van der Waals surface area contributed by atoms with Crippen LogP contribution in [0.3, 0.4) is 0 Å². The summed E-state index contributed by atoms with van der Waals surface area (Å²) in [5.41, 5.74) is 9.03. The molecule has 0 radical (unpaired) electrons. The van der Waals surface area contributed by atoms with Gasteiger partial charge in [-0.25, -0.2) is 0 Å². The highest BCUT2D eigenvalue weighted by Crippen LogP contribution is 2.60. The zero-order valence-electron chi connectivity index (χ0n) is 32.7. The first-order valence-electron chi connectivity index (χ1n) is 18.4. The van der Waals surface area contributed by atoms with Crippen molar-refractivity contribution in [3.8, 4) is 62.9 Å². The summed E-state index contributed by atoms with van der Waals surface area (Å²) in [5.74, 6) is 3.59. The predicted molar refractivity (Wildman–Crippen MR) is 204 cm³/mol. The molecule has 12 heteroatoms. The van der Waals surface area contributed by atoms with Crippen molar-refractivity contribution in [3.63, 3.8) is 0 Å². The number of fused-ring (bicyclic) bond motifs is 8. The van der Waals surface area contributed by atoms with E-state index in [4.69, 9.17) is 37.9 Å². The SMILES string of the molecule is COc1cc2c(cc1OC(C)=O)[C@@H]1Cc3c(Oc4c(OC)cc5c6c4-c4c(ccc(OC)c4OC)C[C@@H]6N(C)CC5)cc(OC)c(OC(C)=O)c3[C@H](C2)N1C. The third-order valence-corrected chi connectivity index (χ3v) is 11.7. The van der Waals surface area contributed by atoms with E-state index in [1.54, 1.807) is 41.6 Å². The maximum Gasteiger partial charge on any atom is 0.308 e. The lowest BCUT2D eigenvalue weighted by atomic mass is 9.75. The topological polar surface area (TPSA) is 114 Å². The van der Waals surface area contributed by atoms with E-state index >= 15 is 0 Å². The van der Waals surface area contributed by atoms with Gasteiger partial charge in [0.15, 0.2) is 46.0 Å². The summed E-state index contributed by atoms with van der Waals surface area (Å²) in [7, 11) is 12.3. The van der Waals surface area contributed by atoms with Gasteiger partial charge in [-0.1, -0.05) is 6.07 Å². The second kappa shape index (κ2) is 14.0. The van der Waals surface area contributed by atoms with Crippen LogP contribution >= 0.6 is 0 Å². The van der Waals surface area contributed by atoms with Gasteiger partial charge >= 0.3 is 11.9 Å². The van der Waals surface area contributed by atoms with E-state index in [2.05, 4.69) is 36.0 Å². The van der Waals surface area contributed by atoms with Gasteiger partial charge in [-0.05, 0) is 91.9 Å². The monoisotopic (exact) mass is 750 g/mol. The summed E-state index contributed by atoms with van der Waals surface area (Å²) in [5, 5.41) is 0. The van der Waals surface area contributed by atoms with Crippen molar-refractivity contribution in [3.05, 3.63) is 75.3 Å². The third-order valence-electron chi connectivity index (χ3n) is 11.7. The Kier molecular flexibility index (Phi) is 9.29. The van der Waals surface area contributed by atoms with E-state index < -0.39 is 11.9 Å². The molecule has 0 N–H and O–H groups in total. The average molecular weight is 751 g/mol. The number of carbonyl (C=O) groups is 2. The molecule has 0 unspecified atom stereocenters. The van der Waals surface area contributed by atoms with Gasteiger partial charge in [-0.15, -0.1) is 0 Å². The molecule has 4 aromatic rings. The Balaban J connectivity index is 1.37. The third kappa shape index (κ3) is 5.81. The summed E-state index contributed by atoms with van der Waals surface area (Å²) in [6.07, 6.45) is 2.69. The molecule has 3 aliphatic heterocycles. The van der Waals surface area contributed by atoms with E-state index in [1.807, 2.05) is 18.2 Å². The summed E-state index contributed by atoms with van der Waals surface area (Å²) in [6.45, 7) is 3.67. The van der Waals surface area contributed by atoms with Crippen LogP contribution in [-0.4, -0.2) is 77.9 Å². The largest absolute Gasteiger partial charge is 0.493 e. The number of likely N-dealkylation sites (N-methyl/N-ethyl adjacent to an activating group) is 2. The average Bonchev–Trinajstić information content (AvgIpc) is 3.16. The van der Waals surface area contributed by atoms with Gasteiger partial charge < -0.3 is 37.9 Å². The smallest absolute Gasteiger partial charge is 0.308 e. The van der Waals surface area contributed by atoms with Gasteiger partial charge in [0, 0.05) is 66.8 Å². The molecule has 1 aliphatic carbocycles. The zero-order chi connectivity index (χ0) is 38.9. The van der Waals surface area contributed by atoms with Gasteiger partial charge in [-0.2, -0.15) is 0 Å². The van der Waals surface area contributed by atoms with E-state index in [-0.39, 0.29) is 18.1 Å². The Bertz CT molecular complexity index is 2250.